The molecule has 4 aromatic rings. The Morgan fingerprint density at radius 1 is 1.03 bits per heavy atom. The Labute approximate surface area is 190 Å². The lowest BCUT2D eigenvalue weighted by molar-refractivity contribution is -0.115. The summed E-state index contributed by atoms with van der Waals surface area (Å²) >= 11 is 6.03. The van der Waals surface area contributed by atoms with Crippen molar-refractivity contribution < 1.29 is 4.79 Å². The highest BCUT2D eigenvalue weighted by Crippen LogP contribution is 2.30. The van der Waals surface area contributed by atoms with Crippen LogP contribution in [-0.2, 0) is 17.8 Å². The first-order valence-electron chi connectivity index (χ1n) is 10.9. The highest BCUT2D eigenvalue weighted by atomic mass is 35.5. The number of halogens is 1. The van der Waals surface area contributed by atoms with Gasteiger partial charge in [0.1, 0.15) is 0 Å². The van der Waals surface area contributed by atoms with Crippen LogP contribution in [0.5, 0.6) is 0 Å². The van der Waals surface area contributed by atoms with E-state index in [4.69, 9.17) is 16.6 Å². The zero-order valence-electron chi connectivity index (χ0n) is 17.8. The summed E-state index contributed by atoms with van der Waals surface area (Å²) < 4.78 is 3.72. The van der Waals surface area contributed by atoms with E-state index in [2.05, 4.69) is 16.8 Å². The summed E-state index contributed by atoms with van der Waals surface area (Å²) in [5, 5.41) is 3.52. The number of imidazole rings is 1. The minimum atomic E-state index is -0.135. The van der Waals surface area contributed by atoms with Gasteiger partial charge in [0.15, 0.2) is 0 Å². The number of carbonyl (C=O) groups excluding carboxylic acids is 1. The van der Waals surface area contributed by atoms with Crippen molar-refractivity contribution in [3.63, 3.8) is 0 Å². The number of hydrogen-bond donors (Lipinski definition) is 1. The lowest BCUT2D eigenvalue weighted by Crippen LogP contribution is -2.18. The van der Waals surface area contributed by atoms with Crippen LogP contribution in [-0.4, -0.2) is 19.9 Å². The van der Waals surface area contributed by atoms with Crippen molar-refractivity contribution in [2.45, 2.75) is 39.2 Å². The Hall–Kier alpha value is -3.38. The zero-order chi connectivity index (χ0) is 22.2. The molecule has 2 aromatic carbocycles. The fourth-order valence-electron chi connectivity index (χ4n) is 4.22. The number of hydrogen-bond acceptors (Lipinski definition) is 3. The van der Waals surface area contributed by atoms with Crippen LogP contribution in [0.15, 0.2) is 59.5 Å². The van der Waals surface area contributed by atoms with Crippen molar-refractivity contribution in [1.82, 2.24) is 14.0 Å². The Bertz CT molecular complexity index is 1390. The first-order valence-corrected chi connectivity index (χ1v) is 11.2. The maximum Gasteiger partial charge on any atom is 0.259 e. The van der Waals surface area contributed by atoms with Gasteiger partial charge in [-0.25, -0.2) is 4.98 Å². The molecule has 0 bridgehead atoms. The van der Waals surface area contributed by atoms with Crippen molar-refractivity contribution in [1.29, 1.82) is 0 Å². The van der Waals surface area contributed by atoms with Gasteiger partial charge in [0.2, 0.25) is 11.7 Å². The Balaban J connectivity index is 1.67. The molecular weight excluding hydrogens is 424 g/mol. The van der Waals surface area contributed by atoms with Crippen LogP contribution in [0.1, 0.15) is 31.7 Å². The normalized spacial score (nSPS) is 12.9. The second-order valence-electron chi connectivity index (χ2n) is 8.13. The molecule has 1 N–H and O–H groups in total. The number of aryl methyl sites for hydroxylation is 1. The smallest absolute Gasteiger partial charge is 0.259 e. The molecule has 1 aliphatic rings. The molecule has 5 rings (SSSR count). The van der Waals surface area contributed by atoms with E-state index < -0.39 is 0 Å². The molecule has 0 radical (unpaired) electrons. The Kier molecular flexibility index (Phi) is 5.31. The molecule has 6 nitrogen and oxygen atoms in total. The molecule has 2 aromatic heterocycles. The van der Waals surface area contributed by atoms with Crippen LogP contribution >= 0.6 is 11.6 Å². The average molecular weight is 447 g/mol. The van der Waals surface area contributed by atoms with Crippen LogP contribution in [0.3, 0.4) is 0 Å². The number of fused-ring (bicyclic) bond motifs is 2. The highest BCUT2D eigenvalue weighted by Gasteiger charge is 2.20. The van der Waals surface area contributed by atoms with Gasteiger partial charge in [-0.2, -0.15) is 0 Å². The van der Waals surface area contributed by atoms with E-state index in [-0.39, 0.29) is 11.5 Å². The molecule has 0 saturated carbocycles. The van der Waals surface area contributed by atoms with Crippen LogP contribution in [0, 0.1) is 0 Å². The molecule has 3 heterocycles. The summed E-state index contributed by atoms with van der Waals surface area (Å²) in [5.74, 6) is 0.608. The van der Waals surface area contributed by atoms with Crippen LogP contribution < -0.4 is 10.9 Å². The summed E-state index contributed by atoms with van der Waals surface area (Å²) in [5.41, 5.74) is 5.01. The first-order chi connectivity index (χ1) is 15.5. The van der Waals surface area contributed by atoms with E-state index >= 15 is 0 Å². The highest BCUT2D eigenvalue weighted by molar-refractivity contribution is 6.30. The topological polar surface area (TPSA) is 68.4 Å². The predicted molar refractivity (Wildman–Crippen MR) is 127 cm³/mol. The summed E-state index contributed by atoms with van der Waals surface area (Å²) in [7, 11) is 0. The van der Waals surface area contributed by atoms with Gasteiger partial charge >= 0.3 is 0 Å². The molecule has 0 atom stereocenters. The molecule has 1 aliphatic heterocycles. The largest absolute Gasteiger partial charge is 0.326 e. The minimum absolute atomic E-state index is 0.00574. The number of carbonyl (C=O) groups is 1. The molecule has 162 valence electrons. The van der Waals surface area contributed by atoms with Gasteiger partial charge < -0.3 is 9.88 Å². The zero-order valence-corrected chi connectivity index (χ0v) is 18.5. The van der Waals surface area contributed by atoms with Crippen molar-refractivity contribution in [3.05, 3.63) is 75.7 Å². The summed E-state index contributed by atoms with van der Waals surface area (Å²) in [4.78, 5) is 29.7. The van der Waals surface area contributed by atoms with Gasteiger partial charge in [-0.15, -0.1) is 0 Å². The molecule has 1 amide bonds. The lowest BCUT2D eigenvalue weighted by atomic mass is 10.1. The van der Waals surface area contributed by atoms with Crippen LogP contribution in [0.4, 0.5) is 5.69 Å². The molecule has 0 saturated heterocycles. The van der Waals surface area contributed by atoms with Crippen LogP contribution in [0.2, 0.25) is 5.02 Å². The molecule has 0 unspecified atom stereocenters. The fraction of sp³-hybridized carbons (Fsp3) is 0.240. The van der Waals surface area contributed by atoms with E-state index in [1.165, 1.54) is 0 Å². The van der Waals surface area contributed by atoms with Gasteiger partial charge in [0, 0.05) is 35.1 Å². The predicted octanol–water partition coefficient (Wildman–Crippen LogP) is 5.17. The van der Waals surface area contributed by atoms with Crippen molar-refractivity contribution >= 4 is 29.0 Å². The number of nitrogens with zero attached hydrogens (tertiary/aromatic N) is 3. The molecule has 0 fully saturated rings. The van der Waals surface area contributed by atoms with Crippen molar-refractivity contribution in [2.75, 3.05) is 5.32 Å². The maximum absolute atomic E-state index is 13.1. The number of aromatic nitrogens is 3. The average Bonchev–Trinajstić information content (AvgIpc) is 3.39. The minimum Gasteiger partial charge on any atom is -0.326 e. The second-order valence-corrected chi connectivity index (χ2v) is 8.56. The Morgan fingerprint density at radius 2 is 1.81 bits per heavy atom. The third-order valence-electron chi connectivity index (χ3n) is 5.87. The quantitative estimate of drug-likeness (QED) is 0.415. The molecular formula is C25H23ClN4O2. The third-order valence-corrected chi connectivity index (χ3v) is 6.12. The van der Waals surface area contributed by atoms with Gasteiger partial charge in [-0.05, 0) is 41.8 Å². The molecule has 0 spiro atoms. The van der Waals surface area contributed by atoms with Crippen molar-refractivity contribution in [2.24, 2.45) is 0 Å². The first kappa shape index (κ1) is 20.5. The third kappa shape index (κ3) is 3.71. The summed E-state index contributed by atoms with van der Waals surface area (Å²) in [6.45, 7) is 2.92. The molecule has 7 heteroatoms. The van der Waals surface area contributed by atoms with Gasteiger partial charge in [0.25, 0.3) is 5.56 Å². The lowest BCUT2D eigenvalue weighted by Gasteiger charge is -2.15. The Morgan fingerprint density at radius 3 is 2.59 bits per heavy atom. The van der Waals surface area contributed by atoms with E-state index in [1.54, 1.807) is 16.7 Å². The van der Waals surface area contributed by atoms with E-state index in [0.717, 1.165) is 59.6 Å². The standard InChI is InChI=1S/C25H23ClN4O2/c1-2-3-4-11-29-22(17-7-10-20-18(12-17)13-23(31)27-20)14-24(32)30-15-21(28-25(29)30)16-5-8-19(26)9-6-16/h5-10,12,14-15H,2-4,11,13H2,1H3,(H,27,31). The monoisotopic (exact) mass is 446 g/mol. The number of rotatable bonds is 6. The fourth-order valence-corrected chi connectivity index (χ4v) is 4.35. The molecule has 32 heavy (non-hydrogen) atoms. The van der Waals surface area contributed by atoms with E-state index in [0.29, 0.717) is 17.2 Å². The number of benzene rings is 2. The van der Waals surface area contributed by atoms with Gasteiger partial charge in [0.05, 0.1) is 17.8 Å². The van der Waals surface area contributed by atoms with Crippen LogP contribution in [0.25, 0.3) is 28.3 Å². The molecule has 0 aliphatic carbocycles. The number of nitrogens with one attached hydrogen (secondary N) is 1. The van der Waals surface area contributed by atoms with E-state index in [1.807, 2.05) is 42.5 Å². The second kappa shape index (κ2) is 8.28. The number of unbranched alkanes of at least 4 members (excludes halogenated alkanes) is 2. The number of amides is 1. The van der Waals surface area contributed by atoms with Crippen molar-refractivity contribution in [3.8, 4) is 22.5 Å². The SMILES string of the molecule is CCCCCn1c(-c2ccc3c(c2)CC(=O)N3)cc(=O)n2cc(-c3ccc(Cl)cc3)nc12. The maximum atomic E-state index is 13.1. The summed E-state index contributed by atoms with van der Waals surface area (Å²) in [6.07, 6.45) is 5.31. The summed E-state index contributed by atoms with van der Waals surface area (Å²) in [6, 6.07) is 15.0. The van der Waals surface area contributed by atoms with Gasteiger partial charge in [-0.3, -0.25) is 14.0 Å². The van der Waals surface area contributed by atoms with E-state index in [9.17, 15) is 9.59 Å². The number of anilines is 1. The van der Waals surface area contributed by atoms with Gasteiger partial charge in [-0.1, -0.05) is 49.6 Å².